The fraction of sp³-hybridized carbons (Fsp3) is 0.727. The Morgan fingerprint density at radius 2 is 1.76 bits per heavy atom. The molecule has 0 bridgehead atoms. The SMILES string of the molecule is COc1cccc(-c2nc(SCC(=O)O[C@H]3CC[C@]4(C)[C@H]5C[C@@H](O)[C@@H]6[C@H]([C@@]7(C)CCCC(C)(C)O7)CC[C@@]6(C)[C@]5(C)CC[C@H]4C3(C)C)[nH]c(=O)c2C#N)c1. The molecule has 0 amide bonds. The van der Waals surface area contributed by atoms with Gasteiger partial charge in [-0.2, -0.15) is 5.26 Å². The standard InChI is InChI=1S/C44H61N3O6S/c1-39(2)17-11-18-44(8,53-39)29-14-20-43(7)35(29)30(48)23-32-41(5)19-16-33(40(3,4)31(41)15-21-42(32,43)6)52-34(49)25-54-38-46-36(28(24-45)37(50)47-38)26-12-10-13-27(22-26)51-9/h10,12-13,22,29-33,35,48H,11,14-21,23,25H2,1-9H3,(H,46,47,50)/t29-,30-,31+,32-,33+,35+,41+,42-,43-,44-/m1/s1. The number of esters is 1. The van der Waals surface area contributed by atoms with Gasteiger partial charge in [-0.25, -0.2) is 4.98 Å². The van der Waals surface area contributed by atoms with Crippen molar-refractivity contribution >= 4 is 17.7 Å². The van der Waals surface area contributed by atoms with E-state index in [9.17, 15) is 20.0 Å². The summed E-state index contributed by atoms with van der Waals surface area (Å²) in [4.78, 5) is 33.6. The van der Waals surface area contributed by atoms with Crippen LogP contribution in [0.5, 0.6) is 5.75 Å². The molecule has 2 N–H and O–H groups in total. The van der Waals surface area contributed by atoms with Gasteiger partial charge in [0.25, 0.3) is 5.56 Å². The minimum atomic E-state index is -0.556. The van der Waals surface area contributed by atoms with E-state index in [2.05, 4.69) is 65.4 Å². The molecule has 1 aromatic carbocycles. The van der Waals surface area contributed by atoms with Crippen molar-refractivity contribution in [3.8, 4) is 23.1 Å². The maximum absolute atomic E-state index is 13.5. The lowest BCUT2D eigenvalue weighted by molar-refractivity contribution is -0.258. The van der Waals surface area contributed by atoms with E-state index in [1.807, 2.05) is 6.07 Å². The van der Waals surface area contributed by atoms with Crippen molar-refractivity contribution in [1.29, 1.82) is 5.26 Å². The Hall–Kier alpha value is -2.87. The lowest BCUT2D eigenvalue weighted by atomic mass is 9.35. The molecule has 1 aliphatic heterocycles. The first kappa shape index (κ1) is 39.4. The second-order valence-electron chi connectivity index (χ2n) is 19.6. The molecule has 2 heterocycles. The Morgan fingerprint density at radius 3 is 2.46 bits per heavy atom. The van der Waals surface area contributed by atoms with Crippen molar-refractivity contribution in [3.05, 3.63) is 40.2 Å². The van der Waals surface area contributed by atoms with E-state index >= 15 is 0 Å². The first-order valence-electron chi connectivity index (χ1n) is 20.2. The van der Waals surface area contributed by atoms with Crippen LogP contribution in [0.1, 0.15) is 125 Å². The number of aromatic nitrogens is 2. The number of nitriles is 1. The fourth-order valence-corrected chi connectivity index (χ4v) is 14.1. The highest BCUT2D eigenvalue weighted by molar-refractivity contribution is 7.99. The number of aliphatic hydroxyl groups is 1. The van der Waals surface area contributed by atoms with Crippen LogP contribution >= 0.6 is 11.8 Å². The third kappa shape index (κ3) is 6.23. The Balaban J connectivity index is 1.06. The van der Waals surface area contributed by atoms with Crippen LogP contribution in [0.4, 0.5) is 0 Å². The van der Waals surface area contributed by atoms with Gasteiger partial charge in [0, 0.05) is 11.0 Å². The van der Waals surface area contributed by atoms with Crippen molar-refractivity contribution in [2.24, 2.45) is 45.3 Å². The number of nitrogens with one attached hydrogen (secondary N) is 1. The molecule has 54 heavy (non-hydrogen) atoms. The van der Waals surface area contributed by atoms with Crippen molar-refractivity contribution in [1.82, 2.24) is 9.97 Å². The van der Waals surface area contributed by atoms with Crippen LogP contribution in [0.15, 0.2) is 34.2 Å². The number of carbonyl (C=O) groups excluding carboxylic acids is 1. The third-order valence-electron chi connectivity index (χ3n) is 16.0. The molecule has 10 atom stereocenters. The molecule has 0 spiro atoms. The minimum absolute atomic E-state index is 0.0108. The number of aliphatic hydroxyl groups excluding tert-OH is 1. The number of nitrogens with zero attached hydrogens (tertiary/aromatic N) is 2. The summed E-state index contributed by atoms with van der Waals surface area (Å²) in [6.45, 7) is 18.9. The molecule has 7 rings (SSSR count). The Morgan fingerprint density at radius 1 is 1.02 bits per heavy atom. The summed E-state index contributed by atoms with van der Waals surface area (Å²) in [6, 6.07) is 9.02. The Bertz CT molecular complexity index is 1890. The first-order chi connectivity index (χ1) is 25.3. The lowest BCUT2D eigenvalue weighted by Gasteiger charge is -2.70. The minimum Gasteiger partial charge on any atom is -0.497 e. The second kappa shape index (κ2) is 13.7. The summed E-state index contributed by atoms with van der Waals surface area (Å²) >= 11 is 1.11. The zero-order valence-corrected chi connectivity index (χ0v) is 34.7. The van der Waals surface area contributed by atoms with E-state index in [0.717, 1.165) is 69.5 Å². The number of methoxy groups -OCH3 is 1. The monoisotopic (exact) mass is 759 g/mol. The molecule has 5 fully saturated rings. The molecule has 1 aromatic heterocycles. The van der Waals surface area contributed by atoms with Gasteiger partial charge in [-0.15, -0.1) is 0 Å². The van der Waals surface area contributed by atoms with E-state index in [4.69, 9.17) is 14.2 Å². The largest absolute Gasteiger partial charge is 0.497 e. The number of ether oxygens (including phenoxy) is 3. The lowest BCUT2D eigenvalue weighted by Crippen LogP contribution is -2.67. The van der Waals surface area contributed by atoms with Gasteiger partial charge in [0.05, 0.1) is 35.9 Å². The maximum Gasteiger partial charge on any atom is 0.316 e. The number of fused-ring (bicyclic) bond motifs is 5. The Labute approximate surface area is 325 Å². The average Bonchev–Trinajstić information content (AvgIpc) is 3.49. The highest BCUT2D eigenvalue weighted by Gasteiger charge is 2.72. The van der Waals surface area contributed by atoms with Crippen molar-refractivity contribution in [2.45, 2.75) is 148 Å². The number of hydrogen-bond acceptors (Lipinski definition) is 9. The highest BCUT2D eigenvalue weighted by atomic mass is 32.2. The molecule has 4 aliphatic carbocycles. The number of benzene rings is 1. The second-order valence-corrected chi connectivity index (χ2v) is 20.5. The van der Waals surface area contributed by atoms with Crippen LogP contribution < -0.4 is 10.3 Å². The van der Waals surface area contributed by atoms with E-state index in [-0.39, 0.29) is 79.1 Å². The molecule has 0 unspecified atom stereocenters. The molecule has 294 valence electrons. The van der Waals surface area contributed by atoms with Crippen LogP contribution in [-0.4, -0.2) is 57.3 Å². The van der Waals surface area contributed by atoms with Gasteiger partial charge in [-0.1, -0.05) is 58.5 Å². The number of hydrogen-bond donors (Lipinski definition) is 2. The van der Waals surface area contributed by atoms with Gasteiger partial charge in [-0.05, 0) is 137 Å². The molecular formula is C44H61N3O6S. The average molecular weight is 760 g/mol. The zero-order chi connectivity index (χ0) is 39.1. The van der Waals surface area contributed by atoms with Gasteiger partial charge in [0.2, 0.25) is 0 Å². The highest BCUT2D eigenvalue weighted by Crippen LogP contribution is 2.76. The molecule has 9 nitrogen and oxygen atoms in total. The predicted octanol–water partition coefficient (Wildman–Crippen LogP) is 8.71. The molecule has 10 heteroatoms. The quantitative estimate of drug-likeness (QED) is 0.162. The molecular weight excluding hydrogens is 699 g/mol. The zero-order valence-electron chi connectivity index (χ0n) is 33.8. The fourth-order valence-electron chi connectivity index (χ4n) is 13.4. The Kier molecular flexibility index (Phi) is 9.96. The molecule has 1 saturated heterocycles. The predicted molar refractivity (Wildman–Crippen MR) is 210 cm³/mol. The number of carbonyl (C=O) groups is 1. The molecule has 2 aromatic rings. The first-order valence-corrected chi connectivity index (χ1v) is 21.2. The van der Waals surface area contributed by atoms with Crippen LogP contribution in [0.25, 0.3) is 11.3 Å². The summed E-state index contributed by atoms with van der Waals surface area (Å²) in [5.41, 5.74) is -0.280. The summed E-state index contributed by atoms with van der Waals surface area (Å²) in [6.07, 6.45) is 9.72. The van der Waals surface area contributed by atoms with Gasteiger partial charge in [0.1, 0.15) is 23.5 Å². The summed E-state index contributed by atoms with van der Waals surface area (Å²) < 4.78 is 18.6. The van der Waals surface area contributed by atoms with Gasteiger partial charge >= 0.3 is 5.97 Å². The van der Waals surface area contributed by atoms with Gasteiger partial charge < -0.3 is 24.3 Å². The summed E-state index contributed by atoms with van der Waals surface area (Å²) in [7, 11) is 1.55. The van der Waals surface area contributed by atoms with Gasteiger partial charge in [-0.3, -0.25) is 9.59 Å². The van der Waals surface area contributed by atoms with Crippen LogP contribution in [0, 0.1) is 56.7 Å². The van der Waals surface area contributed by atoms with Crippen LogP contribution in [-0.2, 0) is 14.3 Å². The van der Waals surface area contributed by atoms with Crippen LogP contribution in [0.2, 0.25) is 0 Å². The van der Waals surface area contributed by atoms with Crippen molar-refractivity contribution in [2.75, 3.05) is 12.9 Å². The molecule has 0 radical (unpaired) electrons. The van der Waals surface area contributed by atoms with Crippen LogP contribution in [0.3, 0.4) is 0 Å². The maximum atomic E-state index is 13.5. The van der Waals surface area contributed by atoms with E-state index in [1.165, 1.54) is 6.42 Å². The number of aromatic amines is 1. The van der Waals surface area contributed by atoms with Crippen molar-refractivity contribution < 1.29 is 24.1 Å². The number of rotatable bonds is 7. The number of H-pyrrole nitrogens is 1. The van der Waals surface area contributed by atoms with E-state index in [0.29, 0.717) is 29.1 Å². The molecule has 4 saturated carbocycles. The normalized spacial score (nSPS) is 39.4. The van der Waals surface area contributed by atoms with E-state index < -0.39 is 5.56 Å². The smallest absolute Gasteiger partial charge is 0.316 e. The third-order valence-corrected chi connectivity index (χ3v) is 16.9. The summed E-state index contributed by atoms with van der Waals surface area (Å²) in [5.74, 6) is 1.52. The van der Waals surface area contributed by atoms with Crippen molar-refractivity contribution in [3.63, 3.8) is 0 Å². The topological polar surface area (TPSA) is 135 Å². The van der Waals surface area contributed by atoms with E-state index in [1.54, 1.807) is 31.4 Å². The summed E-state index contributed by atoms with van der Waals surface area (Å²) in [5, 5.41) is 22.2. The number of thioether (sulfide) groups is 1. The molecule has 5 aliphatic rings. The van der Waals surface area contributed by atoms with Gasteiger partial charge in [0.15, 0.2) is 5.16 Å².